The molecule has 0 saturated heterocycles. The largest absolute Gasteiger partial charge is 0.464 e. The second kappa shape index (κ2) is 6.54. The maximum atomic E-state index is 15.1. The van der Waals surface area contributed by atoms with Crippen LogP contribution in [0, 0.1) is 12.7 Å². The smallest absolute Gasteiger partial charge is 0.216 e. The van der Waals surface area contributed by atoms with Crippen molar-refractivity contribution in [3.8, 4) is 22.4 Å². The molecule has 3 heterocycles. The second-order valence-electron chi connectivity index (χ2n) is 7.91. The molecule has 0 saturated carbocycles. The molecule has 0 aliphatic carbocycles. The van der Waals surface area contributed by atoms with Gasteiger partial charge < -0.3 is 8.83 Å². The molecular formula is C27H19FNO2+. The molecule has 4 heteroatoms. The van der Waals surface area contributed by atoms with Crippen LogP contribution in [0.5, 0.6) is 0 Å². The summed E-state index contributed by atoms with van der Waals surface area (Å²) < 4.78 is 29.2. The van der Waals surface area contributed by atoms with Crippen molar-refractivity contribution < 1.29 is 17.8 Å². The van der Waals surface area contributed by atoms with Gasteiger partial charge in [-0.1, -0.05) is 24.3 Å². The van der Waals surface area contributed by atoms with Crippen molar-refractivity contribution in [2.75, 3.05) is 0 Å². The number of fused-ring (bicyclic) bond motifs is 4. The maximum Gasteiger partial charge on any atom is 0.216 e. The summed E-state index contributed by atoms with van der Waals surface area (Å²) in [4.78, 5) is 0. The van der Waals surface area contributed by atoms with Gasteiger partial charge in [-0.15, -0.1) is 0 Å². The molecule has 0 bridgehead atoms. The number of aryl methyl sites for hydroxylation is 2. The number of rotatable bonds is 2. The molecule has 0 fully saturated rings. The molecule has 3 aromatic carbocycles. The number of aromatic nitrogens is 1. The molecule has 0 aliphatic rings. The number of halogens is 1. The lowest BCUT2D eigenvalue weighted by molar-refractivity contribution is -0.660. The molecule has 0 amide bonds. The standard InChI is InChI=1S/C27H19FNO2/c1-16-6-9-19-20-10-11-21(28)25(18-8-7-17-12-14-30-23(17)15-18)27(20)31-26(19)24(16)22-5-3-4-13-29(22)2/h3-15H,1-2H3/q+1. The van der Waals surface area contributed by atoms with Crippen LogP contribution >= 0.6 is 0 Å². The third kappa shape index (κ3) is 2.61. The highest BCUT2D eigenvalue weighted by Gasteiger charge is 2.23. The number of hydrogen-bond donors (Lipinski definition) is 0. The molecule has 0 unspecified atom stereocenters. The summed E-state index contributed by atoms with van der Waals surface area (Å²) in [6, 6.07) is 21.2. The summed E-state index contributed by atoms with van der Waals surface area (Å²) >= 11 is 0. The first kappa shape index (κ1) is 17.9. The van der Waals surface area contributed by atoms with E-state index in [4.69, 9.17) is 8.83 Å². The van der Waals surface area contributed by atoms with E-state index < -0.39 is 0 Å². The molecule has 0 radical (unpaired) electrons. The number of furan rings is 2. The van der Waals surface area contributed by atoms with E-state index in [0.717, 1.165) is 49.7 Å². The quantitative estimate of drug-likeness (QED) is 0.291. The molecule has 31 heavy (non-hydrogen) atoms. The highest BCUT2D eigenvalue weighted by Crippen LogP contribution is 2.41. The van der Waals surface area contributed by atoms with Crippen LogP contribution in [0.4, 0.5) is 4.39 Å². The molecule has 0 N–H and O–H groups in total. The van der Waals surface area contributed by atoms with Crippen LogP contribution in [-0.4, -0.2) is 0 Å². The van der Waals surface area contributed by atoms with Crippen molar-refractivity contribution in [2.24, 2.45) is 7.05 Å². The number of hydrogen-bond acceptors (Lipinski definition) is 2. The van der Waals surface area contributed by atoms with Crippen molar-refractivity contribution in [1.82, 2.24) is 0 Å². The average molecular weight is 408 g/mol. The topological polar surface area (TPSA) is 30.2 Å². The Morgan fingerprint density at radius 2 is 1.65 bits per heavy atom. The summed E-state index contributed by atoms with van der Waals surface area (Å²) in [5.74, 6) is -0.319. The number of nitrogens with zero attached hydrogens (tertiary/aromatic N) is 1. The first-order chi connectivity index (χ1) is 15.1. The zero-order valence-corrected chi connectivity index (χ0v) is 17.1. The summed E-state index contributed by atoms with van der Waals surface area (Å²) in [6.45, 7) is 2.07. The fourth-order valence-corrected chi connectivity index (χ4v) is 4.46. The van der Waals surface area contributed by atoms with E-state index in [1.165, 1.54) is 6.07 Å². The van der Waals surface area contributed by atoms with E-state index in [1.807, 2.05) is 49.6 Å². The van der Waals surface area contributed by atoms with Crippen molar-refractivity contribution in [2.45, 2.75) is 6.92 Å². The lowest BCUT2D eigenvalue weighted by atomic mass is 9.98. The Kier molecular flexibility index (Phi) is 3.78. The highest BCUT2D eigenvalue weighted by molar-refractivity contribution is 6.13. The Bertz CT molecular complexity index is 1620. The van der Waals surface area contributed by atoms with Crippen LogP contribution in [0.1, 0.15) is 5.56 Å². The Hall–Kier alpha value is -3.92. The van der Waals surface area contributed by atoms with E-state index >= 15 is 4.39 Å². The zero-order valence-electron chi connectivity index (χ0n) is 17.1. The van der Waals surface area contributed by atoms with Crippen LogP contribution in [0.25, 0.3) is 55.3 Å². The van der Waals surface area contributed by atoms with E-state index in [1.54, 1.807) is 12.3 Å². The van der Waals surface area contributed by atoms with Gasteiger partial charge in [0.25, 0.3) is 0 Å². The van der Waals surface area contributed by atoms with Crippen LogP contribution in [-0.2, 0) is 7.05 Å². The van der Waals surface area contributed by atoms with Gasteiger partial charge >= 0.3 is 0 Å². The Labute approximate surface area is 178 Å². The van der Waals surface area contributed by atoms with E-state index in [2.05, 4.69) is 29.7 Å². The predicted molar refractivity (Wildman–Crippen MR) is 120 cm³/mol. The zero-order chi connectivity index (χ0) is 21.1. The molecule has 0 spiro atoms. The first-order valence-electron chi connectivity index (χ1n) is 10.2. The van der Waals surface area contributed by atoms with Crippen LogP contribution < -0.4 is 4.57 Å². The lowest BCUT2D eigenvalue weighted by Gasteiger charge is -2.05. The van der Waals surface area contributed by atoms with E-state index in [0.29, 0.717) is 11.1 Å². The normalized spacial score (nSPS) is 11.7. The van der Waals surface area contributed by atoms with Crippen LogP contribution in [0.3, 0.4) is 0 Å². The molecule has 0 aliphatic heterocycles. The third-order valence-electron chi connectivity index (χ3n) is 6.02. The number of pyridine rings is 1. The maximum absolute atomic E-state index is 15.1. The summed E-state index contributed by atoms with van der Waals surface area (Å²) in [6.07, 6.45) is 3.65. The van der Waals surface area contributed by atoms with Crippen molar-refractivity contribution in [3.05, 3.63) is 90.6 Å². The highest BCUT2D eigenvalue weighted by atomic mass is 19.1. The Morgan fingerprint density at radius 1 is 0.839 bits per heavy atom. The molecule has 3 aromatic heterocycles. The summed E-state index contributed by atoms with van der Waals surface area (Å²) in [5.41, 5.74) is 6.38. The third-order valence-corrected chi connectivity index (χ3v) is 6.02. The van der Waals surface area contributed by atoms with Crippen LogP contribution in [0.15, 0.2) is 88.0 Å². The minimum atomic E-state index is -0.319. The van der Waals surface area contributed by atoms with Gasteiger partial charge in [0.15, 0.2) is 6.20 Å². The van der Waals surface area contributed by atoms with E-state index in [9.17, 15) is 0 Å². The average Bonchev–Trinajstić information content (AvgIpc) is 3.38. The van der Waals surface area contributed by atoms with Gasteiger partial charge in [0.1, 0.15) is 29.6 Å². The van der Waals surface area contributed by atoms with Gasteiger partial charge in [-0.25, -0.2) is 8.96 Å². The SMILES string of the molecule is Cc1ccc2c(oc3c(-c4ccc5ccoc5c4)c(F)ccc32)c1-c1cccc[n+]1C. The lowest BCUT2D eigenvalue weighted by Crippen LogP contribution is -2.30. The van der Waals surface area contributed by atoms with Crippen molar-refractivity contribution in [3.63, 3.8) is 0 Å². The van der Waals surface area contributed by atoms with Crippen LogP contribution in [0.2, 0.25) is 0 Å². The molecule has 0 atom stereocenters. The monoisotopic (exact) mass is 408 g/mol. The van der Waals surface area contributed by atoms with Gasteiger partial charge in [-0.05, 0) is 48.4 Å². The first-order valence-corrected chi connectivity index (χ1v) is 10.2. The number of benzene rings is 3. The van der Waals surface area contributed by atoms with Crippen molar-refractivity contribution >= 4 is 32.9 Å². The van der Waals surface area contributed by atoms with Gasteiger partial charge in [-0.3, -0.25) is 0 Å². The summed E-state index contributed by atoms with van der Waals surface area (Å²) in [7, 11) is 2.01. The molecule has 150 valence electrons. The Balaban J connectivity index is 1.71. The van der Waals surface area contributed by atoms with E-state index in [-0.39, 0.29) is 5.82 Å². The Morgan fingerprint density at radius 3 is 2.48 bits per heavy atom. The molecule has 6 rings (SSSR count). The minimum Gasteiger partial charge on any atom is -0.464 e. The van der Waals surface area contributed by atoms with Gasteiger partial charge in [0, 0.05) is 28.3 Å². The van der Waals surface area contributed by atoms with Gasteiger partial charge in [-0.2, -0.15) is 0 Å². The predicted octanol–water partition coefficient (Wildman–Crippen LogP) is 6.94. The summed E-state index contributed by atoms with van der Waals surface area (Å²) in [5, 5.41) is 2.85. The molecule has 3 nitrogen and oxygen atoms in total. The van der Waals surface area contributed by atoms with Gasteiger partial charge in [0.05, 0.1) is 17.4 Å². The fourth-order valence-electron chi connectivity index (χ4n) is 4.46. The van der Waals surface area contributed by atoms with Crippen molar-refractivity contribution in [1.29, 1.82) is 0 Å². The minimum absolute atomic E-state index is 0.319. The fraction of sp³-hybridized carbons (Fsp3) is 0.0741. The molecular weight excluding hydrogens is 389 g/mol. The molecule has 6 aromatic rings. The van der Waals surface area contributed by atoms with Gasteiger partial charge in [0.2, 0.25) is 5.69 Å². The second-order valence-corrected chi connectivity index (χ2v) is 7.91.